The molecule has 0 saturated heterocycles. The first kappa shape index (κ1) is 17.8. The number of rotatable bonds is 1. The lowest BCUT2D eigenvalue weighted by Crippen LogP contribution is -1.85. The molecule has 0 atom stereocenters. The average molecular weight is 180 g/mol. The third-order valence-corrected chi connectivity index (χ3v) is 1.60. The normalized spacial score (nSPS) is 14.5. The third-order valence-electron chi connectivity index (χ3n) is 1.60. The van der Waals surface area contributed by atoms with Crippen molar-refractivity contribution in [3.05, 3.63) is 0 Å². The minimum Gasteiger partial charge on any atom is -0.394 e. The van der Waals surface area contributed by atoms with Crippen LogP contribution >= 0.6 is 0 Å². The molecule has 1 rings (SSSR count). The highest BCUT2D eigenvalue weighted by atomic mass is 16.3. The Kier molecular flexibility index (Phi) is 25.3. The first-order valence-corrected chi connectivity index (χ1v) is 4.13. The van der Waals surface area contributed by atoms with Gasteiger partial charge in [0.05, 0.1) is 13.2 Å². The van der Waals surface area contributed by atoms with Crippen molar-refractivity contribution in [2.24, 2.45) is 0 Å². The molecule has 4 nitrogen and oxygen atoms in total. The van der Waals surface area contributed by atoms with Crippen LogP contribution in [0.2, 0.25) is 0 Å². The minimum atomic E-state index is -0.125. The molecule has 1 saturated carbocycles. The Morgan fingerprint density at radius 2 is 0.750 bits per heavy atom. The van der Waals surface area contributed by atoms with Crippen molar-refractivity contribution in [1.82, 2.24) is 12.3 Å². The van der Waals surface area contributed by atoms with Crippen LogP contribution in [0.5, 0.6) is 0 Å². The van der Waals surface area contributed by atoms with Crippen molar-refractivity contribution >= 4 is 0 Å². The van der Waals surface area contributed by atoms with E-state index in [1.165, 1.54) is 38.5 Å². The second-order valence-corrected chi connectivity index (χ2v) is 2.57. The summed E-state index contributed by atoms with van der Waals surface area (Å²) in [5, 5.41) is 15.2. The van der Waals surface area contributed by atoms with Crippen LogP contribution in [0.3, 0.4) is 0 Å². The van der Waals surface area contributed by atoms with Crippen LogP contribution < -0.4 is 12.3 Å². The quantitative estimate of drug-likeness (QED) is 0.491. The Balaban J connectivity index is -0.000000124. The SMILES string of the molecule is C1CCCCC1.N.N.OCCO. The molecule has 0 heterocycles. The minimum absolute atomic E-state index is 0. The summed E-state index contributed by atoms with van der Waals surface area (Å²) in [4.78, 5) is 0. The molecular formula is C8H24N2O2. The van der Waals surface area contributed by atoms with Crippen LogP contribution in [0.25, 0.3) is 0 Å². The maximum Gasteiger partial charge on any atom is 0.0662 e. The maximum absolute atomic E-state index is 7.62. The van der Waals surface area contributed by atoms with Crippen LogP contribution in [-0.4, -0.2) is 23.4 Å². The molecule has 4 heteroatoms. The average Bonchev–Trinajstić information content (AvgIpc) is 2.08. The van der Waals surface area contributed by atoms with Crippen molar-refractivity contribution in [2.75, 3.05) is 13.2 Å². The molecule has 0 aliphatic heterocycles. The molecule has 0 bridgehead atoms. The lowest BCUT2D eigenvalue weighted by molar-refractivity contribution is 0.186. The van der Waals surface area contributed by atoms with Gasteiger partial charge in [-0.25, -0.2) is 0 Å². The highest BCUT2D eigenvalue weighted by molar-refractivity contribution is 4.51. The number of aliphatic hydroxyl groups is 2. The number of aliphatic hydroxyl groups excluding tert-OH is 2. The van der Waals surface area contributed by atoms with E-state index in [1.54, 1.807) is 0 Å². The summed E-state index contributed by atoms with van der Waals surface area (Å²) >= 11 is 0. The number of hydrogen-bond donors (Lipinski definition) is 4. The fourth-order valence-corrected chi connectivity index (χ4v) is 1.06. The molecule has 1 aliphatic rings. The van der Waals surface area contributed by atoms with E-state index >= 15 is 0 Å². The summed E-state index contributed by atoms with van der Waals surface area (Å²) in [6.45, 7) is -0.250. The van der Waals surface area contributed by atoms with Gasteiger partial charge in [0.25, 0.3) is 0 Å². The Morgan fingerprint density at radius 1 is 0.583 bits per heavy atom. The lowest BCUT2D eigenvalue weighted by atomic mass is 10.0. The van der Waals surface area contributed by atoms with Gasteiger partial charge in [0.2, 0.25) is 0 Å². The van der Waals surface area contributed by atoms with E-state index in [0.717, 1.165) is 0 Å². The second kappa shape index (κ2) is 17.1. The summed E-state index contributed by atoms with van der Waals surface area (Å²) < 4.78 is 0. The lowest BCUT2D eigenvalue weighted by Gasteiger charge is -2.05. The zero-order chi connectivity index (χ0) is 7.66. The van der Waals surface area contributed by atoms with Gasteiger partial charge in [-0.15, -0.1) is 0 Å². The highest BCUT2D eigenvalue weighted by Gasteiger charge is 1.95. The Labute approximate surface area is 75.2 Å². The molecule has 0 amide bonds. The van der Waals surface area contributed by atoms with Crippen LogP contribution in [-0.2, 0) is 0 Å². The van der Waals surface area contributed by atoms with Gasteiger partial charge >= 0.3 is 0 Å². The van der Waals surface area contributed by atoms with Gasteiger partial charge in [-0.1, -0.05) is 38.5 Å². The zero-order valence-corrected chi connectivity index (χ0v) is 7.97. The van der Waals surface area contributed by atoms with Crippen molar-refractivity contribution in [2.45, 2.75) is 38.5 Å². The molecule has 8 N–H and O–H groups in total. The first-order chi connectivity index (χ1) is 4.91. The van der Waals surface area contributed by atoms with Gasteiger partial charge in [0, 0.05) is 0 Å². The van der Waals surface area contributed by atoms with Crippen molar-refractivity contribution in [3.63, 3.8) is 0 Å². The summed E-state index contributed by atoms with van der Waals surface area (Å²) in [5.41, 5.74) is 0. The predicted octanol–water partition coefficient (Wildman–Crippen LogP) is 1.64. The molecule has 1 fully saturated rings. The zero-order valence-electron chi connectivity index (χ0n) is 7.97. The molecule has 0 unspecified atom stereocenters. The molecule has 1 aliphatic carbocycles. The van der Waals surface area contributed by atoms with E-state index in [1.807, 2.05) is 0 Å². The monoisotopic (exact) mass is 180 g/mol. The van der Waals surface area contributed by atoms with E-state index in [0.29, 0.717) is 0 Å². The summed E-state index contributed by atoms with van der Waals surface area (Å²) in [5.74, 6) is 0. The summed E-state index contributed by atoms with van der Waals surface area (Å²) in [6, 6.07) is 0. The molecule has 0 aromatic rings. The maximum atomic E-state index is 7.62. The molecular weight excluding hydrogens is 156 g/mol. The van der Waals surface area contributed by atoms with E-state index in [9.17, 15) is 0 Å². The Bertz CT molecular complexity index is 45.5. The van der Waals surface area contributed by atoms with Crippen molar-refractivity contribution in [3.8, 4) is 0 Å². The Hall–Kier alpha value is -0.160. The van der Waals surface area contributed by atoms with Crippen molar-refractivity contribution in [1.29, 1.82) is 0 Å². The van der Waals surface area contributed by atoms with Gasteiger partial charge in [0.15, 0.2) is 0 Å². The van der Waals surface area contributed by atoms with Gasteiger partial charge in [-0.3, -0.25) is 0 Å². The van der Waals surface area contributed by atoms with E-state index in [4.69, 9.17) is 10.2 Å². The fourth-order valence-electron chi connectivity index (χ4n) is 1.06. The first-order valence-electron chi connectivity index (χ1n) is 4.13. The van der Waals surface area contributed by atoms with Gasteiger partial charge < -0.3 is 22.5 Å². The molecule has 0 aromatic heterocycles. The summed E-state index contributed by atoms with van der Waals surface area (Å²) in [7, 11) is 0. The highest BCUT2D eigenvalue weighted by Crippen LogP contribution is 2.15. The molecule has 78 valence electrons. The van der Waals surface area contributed by atoms with Gasteiger partial charge in [0.1, 0.15) is 0 Å². The Morgan fingerprint density at radius 3 is 0.833 bits per heavy atom. The van der Waals surface area contributed by atoms with Crippen molar-refractivity contribution < 1.29 is 10.2 Å². The molecule has 12 heavy (non-hydrogen) atoms. The molecule has 0 aromatic carbocycles. The fraction of sp³-hybridized carbons (Fsp3) is 1.00. The molecule has 0 radical (unpaired) electrons. The van der Waals surface area contributed by atoms with E-state index in [-0.39, 0.29) is 25.5 Å². The van der Waals surface area contributed by atoms with E-state index < -0.39 is 0 Å². The standard InChI is InChI=1S/C6H12.C2H6O2.2H3N/c1-2-4-6-5-3-1;3-1-2-4;;/h1-6H2;3-4H,1-2H2;2*1H3. The van der Waals surface area contributed by atoms with E-state index in [2.05, 4.69) is 0 Å². The van der Waals surface area contributed by atoms with Gasteiger partial charge in [-0.2, -0.15) is 0 Å². The van der Waals surface area contributed by atoms with Gasteiger partial charge in [-0.05, 0) is 0 Å². The number of hydrogen-bond acceptors (Lipinski definition) is 4. The second-order valence-electron chi connectivity index (χ2n) is 2.57. The topological polar surface area (TPSA) is 110 Å². The smallest absolute Gasteiger partial charge is 0.0662 e. The third kappa shape index (κ3) is 16.4. The van der Waals surface area contributed by atoms with Crippen LogP contribution in [0.1, 0.15) is 38.5 Å². The van der Waals surface area contributed by atoms with Crippen LogP contribution in [0.4, 0.5) is 0 Å². The predicted molar refractivity (Wildman–Crippen MR) is 51.9 cm³/mol. The van der Waals surface area contributed by atoms with Crippen LogP contribution in [0.15, 0.2) is 0 Å². The largest absolute Gasteiger partial charge is 0.394 e. The molecule has 0 spiro atoms. The summed E-state index contributed by atoms with van der Waals surface area (Å²) in [6.07, 6.45) is 9.00. The van der Waals surface area contributed by atoms with Crippen LogP contribution in [0, 0.1) is 0 Å².